The van der Waals surface area contributed by atoms with Crippen molar-refractivity contribution in [2.45, 2.75) is 58.2 Å². The Morgan fingerprint density at radius 3 is 1.97 bits per heavy atom. The van der Waals surface area contributed by atoms with Crippen LogP contribution in [-0.4, -0.2) is 46.9 Å². The first-order valence-electron chi connectivity index (χ1n) is 9.94. The molecule has 29 heavy (non-hydrogen) atoms. The van der Waals surface area contributed by atoms with E-state index in [9.17, 15) is 19.5 Å². The molecule has 0 bridgehead atoms. The van der Waals surface area contributed by atoms with E-state index in [-0.39, 0.29) is 25.0 Å². The normalized spacial score (nSPS) is 15.6. The van der Waals surface area contributed by atoms with Crippen molar-refractivity contribution >= 4 is 17.8 Å². The molecule has 1 aromatic carbocycles. The summed E-state index contributed by atoms with van der Waals surface area (Å²) in [5.74, 6) is -3.23. The van der Waals surface area contributed by atoms with Crippen LogP contribution >= 0.6 is 0 Å². The Morgan fingerprint density at radius 1 is 1.00 bits per heavy atom. The molecular weight excluding hydrogens is 376 g/mol. The van der Waals surface area contributed by atoms with E-state index in [1.54, 1.807) is 0 Å². The van der Waals surface area contributed by atoms with E-state index >= 15 is 0 Å². The molecule has 1 aliphatic rings. The number of amides is 2. The SMILES string of the molecule is CC(C)CC(C(=O)NCC(=O)OC1CCCC1)C(O)C(=O)NO.c1ccccc1. The number of ether oxygens (including phenoxy) is 1. The van der Waals surface area contributed by atoms with Gasteiger partial charge in [0.2, 0.25) is 5.91 Å². The van der Waals surface area contributed by atoms with Gasteiger partial charge in [0.1, 0.15) is 18.8 Å². The fourth-order valence-electron chi connectivity index (χ4n) is 3.05. The predicted molar refractivity (Wildman–Crippen MR) is 107 cm³/mol. The van der Waals surface area contributed by atoms with Crippen LogP contribution in [0.1, 0.15) is 46.0 Å². The summed E-state index contributed by atoms with van der Waals surface area (Å²) in [6, 6.07) is 12.0. The molecule has 2 unspecified atom stereocenters. The minimum atomic E-state index is -1.69. The Bertz CT molecular complexity index is 590. The summed E-state index contributed by atoms with van der Waals surface area (Å²) in [6.45, 7) is 3.35. The van der Waals surface area contributed by atoms with Gasteiger partial charge in [0.15, 0.2) is 0 Å². The Kier molecular flexibility index (Phi) is 11.6. The third-order valence-corrected chi connectivity index (χ3v) is 4.50. The largest absolute Gasteiger partial charge is 0.461 e. The molecule has 0 heterocycles. The highest BCUT2D eigenvalue weighted by atomic mass is 16.5. The summed E-state index contributed by atoms with van der Waals surface area (Å²) < 4.78 is 5.22. The number of esters is 1. The lowest BCUT2D eigenvalue weighted by Gasteiger charge is -2.22. The van der Waals surface area contributed by atoms with E-state index in [2.05, 4.69) is 5.32 Å². The van der Waals surface area contributed by atoms with Crippen molar-refractivity contribution in [3.63, 3.8) is 0 Å². The maximum Gasteiger partial charge on any atom is 0.325 e. The molecule has 2 rings (SSSR count). The molecule has 8 nitrogen and oxygen atoms in total. The standard InChI is InChI=1S/C15H26N2O6.C6H6/c1-9(2)7-11(13(19)15(21)17-22)14(20)16-8-12(18)23-10-5-3-4-6-10;1-2-4-6-5-3-1/h9-11,13,19,22H,3-8H2,1-2H3,(H,16,20)(H,17,21);1-6H. The average molecular weight is 408 g/mol. The number of nitrogens with one attached hydrogen (secondary N) is 2. The number of aliphatic hydroxyl groups excluding tert-OH is 1. The van der Waals surface area contributed by atoms with E-state index < -0.39 is 29.8 Å². The Hall–Kier alpha value is -2.45. The lowest BCUT2D eigenvalue weighted by molar-refractivity contribution is -0.150. The first-order valence-corrected chi connectivity index (χ1v) is 9.94. The molecule has 2 atom stereocenters. The van der Waals surface area contributed by atoms with Crippen LogP contribution in [0.25, 0.3) is 0 Å². The zero-order valence-corrected chi connectivity index (χ0v) is 17.0. The van der Waals surface area contributed by atoms with Gasteiger partial charge in [-0.25, -0.2) is 5.48 Å². The monoisotopic (exact) mass is 408 g/mol. The number of benzene rings is 1. The Balaban J connectivity index is 0.000000594. The fraction of sp³-hybridized carbons (Fsp3) is 0.571. The highest BCUT2D eigenvalue weighted by Crippen LogP contribution is 2.21. The molecular formula is C21H32N2O6. The highest BCUT2D eigenvalue weighted by Gasteiger charge is 2.33. The van der Waals surface area contributed by atoms with Crippen LogP contribution in [0.3, 0.4) is 0 Å². The van der Waals surface area contributed by atoms with Crippen LogP contribution in [0.4, 0.5) is 0 Å². The smallest absolute Gasteiger partial charge is 0.325 e. The van der Waals surface area contributed by atoms with E-state index in [1.807, 2.05) is 50.2 Å². The number of carbonyl (C=O) groups excluding carboxylic acids is 3. The number of hydroxylamine groups is 1. The summed E-state index contributed by atoms with van der Waals surface area (Å²) in [6.07, 6.45) is 2.20. The van der Waals surface area contributed by atoms with Gasteiger partial charge in [-0.2, -0.15) is 0 Å². The van der Waals surface area contributed by atoms with Gasteiger partial charge in [0.25, 0.3) is 5.91 Å². The van der Waals surface area contributed by atoms with Crippen LogP contribution in [0.15, 0.2) is 36.4 Å². The molecule has 162 valence electrons. The van der Waals surface area contributed by atoms with Crippen LogP contribution in [0.2, 0.25) is 0 Å². The molecule has 1 saturated carbocycles. The molecule has 0 spiro atoms. The van der Waals surface area contributed by atoms with Crippen molar-refractivity contribution in [3.8, 4) is 0 Å². The highest BCUT2D eigenvalue weighted by molar-refractivity contribution is 5.90. The number of hydrogen-bond donors (Lipinski definition) is 4. The van der Waals surface area contributed by atoms with Gasteiger partial charge < -0.3 is 15.2 Å². The second-order valence-corrected chi connectivity index (χ2v) is 7.43. The van der Waals surface area contributed by atoms with Crippen LogP contribution in [0, 0.1) is 11.8 Å². The first kappa shape index (κ1) is 24.6. The third-order valence-electron chi connectivity index (χ3n) is 4.50. The summed E-state index contributed by atoms with van der Waals surface area (Å²) in [5.41, 5.74) is 1.33. The molecule has 0 aliphatic heterocycles. The van der Waals surface area contributed by atoms with Crippen LogP contribution in [-0.2, 0) is 19.1 Å². The molecule has 1 fully saturated rings. The molecule has 4 N–H and O–H groups in total. The van der Waals surface area contributed by atoms with Crippen LogP contribution < -0.4 is 10.8 Å². The Labute approximate surface area is 171 Å². The Morgan fingerprint density at radius 2 is 1.52 bits per heavy atom. The maximum absolute atomic E-state index is 12.1. The molecule has 8 heteroatoms. The lowest BCUT2D eigenvalue weighted by atomic mass is 9.91. The number of carbonyl (C=O) groups is 3. The zero-order chi connectivity index (χ0) is 21.6. The van der Waals surface area contributed by atoms with Crippen molar-refractivity contribution < 1.29 is 29.4 Å². The van der Waals surface area contributed by atoms with Crippen molar-refractivity contribution in [2.24, 2.45) is 11.8 Å². The third kappa shape index (κ3) is 10.0. The van der Waals surface area contributed by atoms with Gasteiger partial charge in [0.05, 0.1) is 5.92 Å². The summed E-state index contributed by atoms with van der Waals surface area (Å²) in [4.78, 5) is 35.2. The van der Waals surface area contributed by atoms with Gasteiger partial charge in [-0.3, -0.25) is 19.6 Å². The van der Waals surface area contributed by atoms with Crippen molar-refractivity contribution in [3.05, 3.63) is 36.4 Å². The van der Waals surface area contributed by atoms with Crippen LogP contribution in [0.5, 0.6) is 0 Å². The molecule has 0 aromatic heterocycles. The summed E-state index contributed by atoms with van der Waals surface area (Å²) >= 11 is 0. The van der Waals surface area contributed by atoms with E-state index in [1.165, 1.54) is 5.48 Å². The molecule has 2 amide bonds. The molecule has 0 radical (unpaired) electrons. The van der Waals surface area contributed by atoms with Gasteiger partial charge in [0, 0.05) is 0 Å². The van der Waals surface area contributed by atoms with Crippen molar-refractivity contribution in [2.75, 3.05) is 6.54 Å². The summed E-state index contributed by atoms with van der Waals surface area (Å²) in [5, 5.41) is 20.8. The second kappa shape index (κ2) is 13.7. The minimum absolute atomic E-state index is 0.0392. The van der Waals surface area contributed by atoms with Gasteiger partial charge >= 0.3 is 5.97 Å². The molecule has 1 aliphatic carbocycles. The van der Waals surface area contributed by atoms with E-state index in [0.717, 1.165) is 25.7 Å². The van der Waals surface area contributed by atoms with Gasteiger partial charge in [-0.15, -0.1) is 0 Å². The fourth-order valence-corrected chi connectivity index (χ4v) is 3.05. The van der Waals surface area contributed by atoms with Gasteiger partial charge in [-0.05, 0) is 38.0 Å². The number of aliphatic hydroxyl groups is 1. The first-order chi connectivity index (χ1) is 13.8. The van der Waals surface area contributed by atoms with E-state index in [4.69, 9.17) is 9.94 Å². The summed E-state index contributed by atoms with van der Waals surface area (Å²) in [7, 11) is 0. The topological polar surface area (TPSA) is 125 Å². The maximum atomic E-state index is 12.1. The zero-order valence-electron chi connectivity index (χ0n) is 17.0. The quantitative estimate of drug-likeness (QED) is 0.295. The second-order valence-electron chi connectivity index (χ2n) is 7.43. The molecule has 0 saturated heterocycles. The average Bonchev–Trinajstić information content (AvgIpc) is 3.23. The van der Waals surface area contributed by atoms with Crippen molar-refractivity contribution in [1.29, 1.82) is 0 Å². The van der Waals surface area contributed by atoms with Crippen molar-refractivity contribution in [1.82, 2.24) is 10.8 Å². The lowest BCUT2D eigenvalue weighted by Crippen LogP contribution is -2.46. The van der Waals surface area contributed by atoms with Gasteiger partial charge in [-0.1, -0.05) is 50.2 Å². The molecule has 1 aromatic rings. The minimum Gasteiger partial charge on any atom is -0.461 e. The predicted octanol–water partition coefficient (Wildman–Crippen LogP) is 1.80. The van der Waals surface area contributed by atoms with E-state index in [0.29, 0.717) is 0 Å². The number of hydrogen-bond acceptors (Lipinski definition) is 6. The number of rotatable bonds is 8.